The van der Waals surface area contributed by atoms with Gasteiger partial charge in [-0.1, -0.05) is 66.7 Å². The molecular weight excluding hydrogens is 460 g/mol. The molecule has 7 heteroatoms. The van der Waals surface area contributed by atoms with E-state index in [1.165, 1.54) is 11.1 Å². The van der Waals surface area contributed by atoms with Crippen molar-refractivity contribution < 1.29 is 0 Å². The maximum Gasteiger partial charge on any atom is 0.252 e. The molecule has 2 heterocycles. The molecule has 0 saturated heterocycles. The molecule has 7 nitrogen and oxygen atoms in total. The van der Waals surface area contributed by atoms with Crippen molar-refractivity contribution in [3.8, 4) is 0 Å². The van der Waals surface area contributed by atoms with Gasteiger partial charge in [-0.05, 0) is 71.5 Å². The third-order valence-corrected chi connectivity index (χ3v) is 6.77. The Balaban J connectivity index is 1.38. The highest BCUT2D eigenvalue weighted by Gasteiger charge is 2.16. The molecule has 0 saturated carbocycles. The first kappa shape index (κ1) is 24.6. The average Bonchev–Trinajstić information content (AvgIpc) is 3.34. The highest BCUT2D eigenvalue weighted by atomic mass is 16.1. The van der Waals surface area contributed by atoms with Gasteiger partial charge >= 0.3 is 0 Å². The van der Waals surface area contributed by atoms with E-state index in [2.05, 4.69) is 74.8 Å². The summed E-state index contributed by atoms with van der Waals surface area (Å²) in [6.45, 7) is 6.68. The number of hydrogen-bond acceptors (Lipinski definition) is 5. The Labute approximate surface area is 216 Å². The van der Waals surface area contributed by atoms with E-state index in [1.54, 1.807) is 0 Å². The summed E-state index contributed by atoms with van der Waals surface area (Å²) in [5.74, 6) is 0.799. The molecule has 5 aromatic rings. The van der Waals surface area contributed by atoms with Gasteiger partial charge < -0.3 is 4.98 Å². The van der Waals surface area contributed by atoms with Gasteiger partial charge in [0.2, 0.25) is 0 Å². The van der Waals surface area contributed by atoms with E-state index in [0.717, 1.165) is 52.8 Å². The summed E-state index contributed by atoms with van der Waals surface area (Å²) in [5, 5.41) is 13.6. The number of nitrogens with one attached hydrogen (secondary N) is 1. The molecule has 0 atom stereocenters. The van der Waals surface area contributed by atoms with E-state index in [4.69, 9.17) is 0 Å². The number of pyridine rings is 1. The standard InChI is InChI=1S/C30H32N6O/c1-22-17-23(2)27-19-26(30(37)31-28(27)18-22)20-35(15-13-24-9-5-3-6-10-24)21-29-32-33-34-36(29)16-14-25-11-7-4-8-12-25/h3-12,17-19H,13-16,20-21H2,1-2H3,(H,31,37). The fourth-order valence-corrected chi connectivity index (χ4v) is 4.81. The summed E-state index contributed by atoms with van der Waals surface area (Å²) < 4.78 is 1.88. The lowest BCUT2D eigenvalue weighted by atomic mass is 10.0. The maximum absolute atomic E-state index is 13.1. The second-order valence-corrected chi connectivity index (χ2v) is 9.67. The Morgan fingerprint density at radius 3 is 2.30 bits per heavy atom. The van der Waals surface area contributed by atoms with Crippen molar-refractivity contribution in [2.45, 2.75) is 46.3 Å². The molecule has 0 aliphatic carbocycles. The van der Waals surface area contributed by atoms with Crippen LogP contribution < -0.4 is 5.56 Å². The minimum atomic E-state index is -0.0501. The predicted octanol–water partition coefficient (Wildman–Crippen LogP) is 4.62. The number of aromatic nitrogens is 5. The second-order valence-electron chi connectivity index (χ2n) is 9.67. The van der Waals surface area contributed by atoms with Crippen LogP contribution in [0.15, 0.2) is 83.7 Å². The molecule has 0 unspecified atom stereocenters. The van der Waals surface area contributed by atoms with Gasteiger partial charge in [-0.3, -0.25) is 9.69 Å². The lowest BCUT2D eigenvalue weighted by molar-refractivity contribution is 0.247. The van der Waals surface area contributed by atoms with Gasteiger partial charge in [0.25, 0.3) is 5.56 Å². The Morgan fingerprint density at radius 1 is 0.865 bits per heavy atom. The van der Waals surface area contributed by atoms with Crippen molar-refractivity contribution in [1.29, 1.82) is 0 Å². The van der Waals surface area contributed by atoms with Gasteiger partial charge in [0.1, 0.15) is 0 Å². The number of tetrazole rings is 1. The van der Waals surface area contributed by atoms with Crippen molar-refractivity contribution in [3.05, 3.63) is 123 Å². The zero-order valence-electron chi connectivity index (χ0n) is 21.4. The van der Waals surface area contributed by atoms with Crippen molar-refractivity contribution in [2.24, 2.45) is 0 Å². The third-order valence-electron chi connectivity index (χ3n) is 6.77. The molecule has 3 aromatic carbocycles. The Morgan fingerprint density at radius 2 is 1.57 bits per heavy atom. The van der Waals surface area contributed by atoms with Crippen molar-refractivity contribution in [2.75, 3.05) is 6.54 Å². The quantitative estimate of drug-likeness (QED) is 0.308. The number of rotatable bonds is 10. The molecule has 1 N–H and O–H groups in total. The van der Waals surface area contributed by atoms with Crippen LogP contribution in [-0.2, 0) is 32.5 Å². The van der Waals surface area contributed by atoms with E-state index in [0.29, 0.717) is 19.6 Å². The zero-order valence-corrected chi connectivity index (χ0v) is 21.4. The molecule has 0 aliphatic rings. The van der Waals surface area contributed by atoms with E-state index >= 15 is 0 Å². The number of nitrogens with zero attached hydrogens (tertiary/aromatic N) is 5. The fourth-order valence-electron chi connectivity index (χ4n) is 4.81. The van der Waals surface area contributed by atoms with Crippen LogP contribution in [0.3, 0.4) is 0 Å². The monoisotopic (exact) mass is 492 g/mol. The molecule has 0 aliphatic heterocycles. The van der Waals surface area contributed by atoms with Gasteiger partial charge in [-0.2, -0.15) is 0 Å². The molecule has 0 amide bonds. The molecule has 0 spiro atoms. The molecule has 2 aromatic heterocycles. The second kappa shape index (κ2) is 11.3. The highest BCUT2D eigenvalue weighted by Crippen LogP contribution is 2.19. The Hall–Kier alpha value is -4.10. The number of aromatic amines is 1. The van der Waals surface area contributed by atoms with E-state index in [1.807, 2.05) is 48.0 Å². The largest absolute Gasteiger partial charge is 0.322 e. The summed E-state index contributed by atoms with van der Waals surface area (Å²) in [5.41, 5.74) is 6.38. The maximum atomic E-state index is 13.1. The Bertz CT molecular complexity index is 1520. The van der Waals surface area contributed by atoms with E-state index in [-0.39, 0.29) is 5.56 Å². The van der Waals surface area contributed by atoms with Gasteiger partial charge in [-0.15, -0.1) is 5.10 Å². The third kappa shape index (κ3) is 6.19. The minimum absolute atomic E-state index is 0.0501. The molecule has 5 rings (SSSR count). The van der Waals surface area contributed by atoms with Crippen LogP contribution in [0.4, 0.5) is 0 Å². The summed E-state index contributed by atoms with van der Waals surface area (Å²) in [6.07, 6.45) is 1.72. The van der Waals surface area contributed by atoms with Gasteiger partial charge in [-0.25, -0.2) is 4.68 Å². The normalized spacial score (nSPS) is 11.4. The smallest absolute Gasteiger partial charge is 0.252 e. The van der Waals surface area contributed by atoms with E-state index < -0.39 is 0 Å². The van der Waals surface area contributed by atoms with Crippen molar-refractivity contribution in [3.63, 3.8) is 0 Å². The number of fused-ring (bicyclic) bond motifs is 1. The molecule has 0 fully saturated rings. The SMILES string of the molecule is Cc1cc(C)c2cc(CN(CCc3ccccc3)Cc3nnnn3CCc3ccccc3)c(=O)[nH]c2c1. The van der Waals surface area contributed by atoms with E-state index in [9.17, 15) is 4.79 Å². The first-order chi connectivity index (χ1) is 18.0. The van der Waals surface area contributed by atoms with Gasteiger partial charge in [0, 0.05) is 36.1 Å². The average molecular weight is 493 g/mol. The van der Waals surface area contributed by atoms with Crippen LogP contribution in [0.2, 0.25) is 0 Å². The number of aryl methyl sites for hydroxylation is 4. The number of benzene rings is 3. The van der Waals surface area contributed by atoms with Crippen LogP contribution in [0.5, 0.6) is 0 Å². The number of hydrogen-bond donors (Lipinski definition) is 1. The van der Waals surface area contributed by atoms with Crippen LogP contribution in [0.1, 0.15) is 33.6 Å². The first-order valence-corrected chi connectivity index (χ1v) is 12.7. The highest BCUT2D eigenvalue weighted by molar-refractivity contribution is 5.83. The molecule has 188 valence electrons. The summed E-state index contributed by atoms with van der Waals surface area (Å²) in [6, 6.07) is 27.0. The summed E-state index contributed by atoms with van der Waals surface area (Å²) >= 11 is 0. The minimum Gasteiger partial charge on any atom is -0.322 e. The molecular formula is C30H32N6O. The summed E-state index contributed by atoms with van der Waals surface area (Å²) in [7, 11) is 0. The van der Waals surface area contributed by atoms with Crippen LogP contribution in [-0.4, -0.2) is 36.6 Å². The molecule has 0 bridgehead atoms. The molecule has 0 radical (unpaired) electrons. The van der Waals surface area contributed by atoms with Crippen LogP contribution in [0.25, 0.3) is 10.9 Å². The lowest BCUT2D eigenvalue weighted by Crippen LogP contribution is -2.30. The van der Waals surface area contributed by atoms with Gasteiger partial charge in [0.15, 0.2) is 5.82 Å². The summed E-state index contributed by atoms with van der Waals surface area (Å²) in [4.78, 5) is 18.4. The first-order valence-electron chi connectivity index (χ1n) is 12.7. The topological polar surface area (TPSA) is 79.7 Å². The lowest BCUT2D eigenvalue weighted by Gasteiger charge is -2.22. The molecule has 37 heavy (non-hydrogen) atoms. The predicted molar refractivity (Wildman–Crippen MR) is 146 cm³/mol. The van der Waals surface area contributed by atoms with Gasteiger partial charge in [0.05, 0.1) is 6.54 Å². The van der Waals surface area contributed by atoms with Crippen LogP contribution >= 0.6 is 0 Å². The van der Waals surface area contributed by atoms with Crippen molar-refractivity contribution >= 4 is 10.9 Å². The Kier molecular flexibility index (Phi) is 7.51. The number of H-pyrrole nitrogens is 1. The fraction of sp³-hybridized carbons (Fsp3) is 0.267. The van der Waals surface area contributed by atoms with Crippen LogP contribution in [0, 0.1) is 13.8 Å². The zero-order chi connectivity index (χ0) is 25.6. The van der Waals surface area contributed by atoms with Crippen molar-refractivity contribution in [1.82, 2.24) is 30.1 Å².